The number of aliphatic imine (C=N–C) groups is 1. The van der Waals surface area contributed by atoms with Crippen LogP contribution in [0.3, 0.4) is 0 Å². The minimum Gasteiger partial charge on any atom is -0.495 e. The molecule has 2 aromatic rings. The Morgan fingerprint density at radius 3 is 2.61 bits per heavy atom. The first-order valence-corrected chi connectivity index (χ1v) is 11.3. The van der Waals surface area contributed by atoms with Crippen LogP contribution in [0.2, 0.25) is 0 Å². The molecule has 0 bridgehead atoms. The van der Waals surface area contributed by atoms with Gasteiger partial charge in [0, 0.05) is 19.7 Å². The number of nitrogens with one attached hydrogen (secondary N) is 2. The number of rotatable bonds is 11. The van der Waals surface area contributed by atoms with E-state index in [9.17, 15) is 22.8 Å². The average molecular weight is 479 g/mol. The molecule has 0 unspecified atom stereocenters. The van der Waals surface area contributed by atoms with Crippen molar-refractivity contribution in [2.45, 2.75) is 30.7 Å². The molecule has 2 rings (SSSR count). The molecule has 0 aliphatic rings. The van der Waals surface area contributed by atoms with Gasteiger partial charge in [0.05, 0.1) is 18.8 Å². The molecule has 0 spiro atoms. The average Bonchev–Trinajstić information content (AvgIpc) is 2.77. The summed E-state index contributed by atoms with van der Waals surface area (Å²) in [6, 6.07) is 6.17. The largest absolute Gasteiger partial charge is 0.495 e. The number of sulfonamides is 1. The fourth-order valence-electron chi connectivity index (χ4n) is 3.15. The number of aromatic amines is 1. The molecule has 1 heterocycles. The van der Waals surface area contributed by atoms with Crippen molar-refractivity contribution in [3.05, 3.63) is 46.9 Å². The molecule has 178 valence electrons. The molecule has 12 nitrogen and oxygen atoms in total. The molecule has 0 aliphatic heterocycles. The van der Waals surface area contributed by atoms with Crippen molar-refractivity contribution in [3.63, 3.8) is 0 Å². The number of carbonyl (C=O) groups excluding carboxylic acids is 2. The van der Waals surface area contributed by atoms with Gasteiger partial charge in [-0.1, -0.05) is 12.1 Å². The number of nitrogens with two attached hydrogens (primary N) is 2. The minimum atomic E-state index is -4.29. The van der Waals surface area contributed by atoms with Crippen molar-refractivity contribution in [2.24, 2.45) is 16.5 Å². The zero-order chi connectivity index (χ0) is 24.6. The molecule has 1 atom stereocenters. The van der Waals surface area contributed by atoms with Crippen LogP contribution in [0.15, 0.2) is 51.2 Å². The summed E-state index contributed by atoms with van der Waals surface area (Å²) in [7, 11) is -2.98. The number of amides is 1. The second-order valence-corrected chi connectivity index (χ2v) is 8.52. The molecule has 33 heavy (non-hydrogen) atoms. The number of carbonyl (C=O) groups is 2. The number of methoxy groups -OCH3 is 1. The monoisotopic (exact) mass is 478 g/mol. The van der Waals surface area contributed by atoms with Crippen LogP contribution in [0.4, 0.5) is 11.4 Å². The van der Waals surface area contributed by atoms with E-state index < -0.39 is 33.2 Å². The van der Waals surface area contributed by atoms with Gasteiger partial charge in [-0.05, 0) is 31.0 Å². The Kier molecular flexibility index (Phi) is 8.56. The Hall–Kier alpha value is -3.87. The van der Waals surface area contributed by atoms with E-state index in [2.05, 4.69) is 14.7 Å². The first-order valence-electron chi connectivity index (χ1n) is 9.80. The number of aldehydes is 1. The van der Waals surface area contributed by atoms with Gasteiger partial charge in [-0.25, -0.2) is 8.42 Å². The highest BCUT2D eigenvalue weighted by Crippen LogP contribution is 2.29. The van der Waals surface area contributed by atoms with Crippen molar-refractivity contribution >= 4 is 39.6 Å². The fourth-order valence-corrected chi connectivity index (χ4v) is 4.40. The molecule has 0 fully saturated rings. The van der Waals surface area contributed by atoms with E-state index in [1.54, 1.807) is 6.07 Å². The fraction of sp³-hybridized carbons (Fsp3) is 0.300. The predicted molar refractivity (Wildman–Crippen MR) is 124 cm³/mol. The lowest BCUT2D eigenvalue weighted by atomic mass is 10.1. The molecule has 6 N–H and O–H groups in total. The number of anilines is 2. The molecule has 0 saturated carbocycles. The van der Waals surface area contributed by atoms with Gasteiger partial charge in [0.25, 0.3) is 15.6 Å². The Morgan fingerprint density at radius 1 is 1.30 bits per heavy atom. The van der Waals surface area contributed by atoms with Crippen molar-refractivity contribution in [2.75, 3.05) is 23.3 Å². The zero-order valence-electron chi connectivity index (χ0n) is 18.1. The maximum atomic E-state index is 13.0. The highest BCUT2D eigenvalue weighted by Gasteiger charge is 2.28. The second kappa shape index (κ2) is 11.1. The van der Waals surface area contributed by atoms with Crippen molar-refractivity contribution in [1.82, 2.24) is 4.98 Å². The third kappa shape index (κ3) is 6.32. The maximum absolute atomic E-state index is 13.0. The van der Waals surface area contributed by atoms with Gasteiger partial charge in [-0.15, -0.1) is 0 Å². The number of H-pyrrole nitrogens is 1. The summed E-state index contributed by atoms with van der Waals surface area (Å²) in [5.74, 6) is -0.617. The molecule has 1 amide bonds. The Bertz CT molecular complexity index is 1190. The smallest absolute Gasteiger partial charge is 0.274 e. The van der Waals surface area contributed by atoms with Gasteiger partial charge < -0.3 is 30.9 Å². The van der Waals surface area contributed by atoms with E-state index in [1.165, 1.54) is 44.5 Å². The SMILES string of the molecule is COc1ccccc1S(=O)(=O)Nc1c(N(C(C)=O)[C@H](C=O)CCCN=C(N)N)cc[nH]c1=O. The van der Waals surface area contributed by atoms with Gasteiger partial charge in [-0.3, -0.25) is 19.3 Å². The van der Waals surface area contributed by atoms with Crippen LogP contribution < -0.4 is 31.4 Å². The highest BCUT2D eigenvalue weighted by molar-refractivity contribution is 7.92. The lowest BCUT2D eigenvalue weighted by Gasteiger charge is -2.28. The van der Waals surface area contributed by atoms with Crippen LogP contribution in [-0.4, -0.2) is 51.3 Å². The van der Waals surface area contributed by atoms with Crippen LogP contribution in [0.5, 0.6) is 5.75 Å². The second-order valence-electron chi connectivity index (χ2n) is 6.86. The summed E-state index contributed by atoms with van der Waals surface area (Å²) in [4.78, 5) is 43.9. The highest BCUT2D eigenvalue weighted by atomic mass is 32.2. The van der Waals surface area contributed by atoms with E-state index in [4.69, 9.17) is 16.2 Å². The number of ether oxygens (including phenoxy) is 1. The molecule has 1 aromatic carbocycles. The first kappa shape index (κ1) is 25.4. The molecular weight excluding hydrogens is 452 g/mol. The van der Waals surface area contributed by atoms with E-state index in [0.29, 0.717) is 12.7 Å². The van der Waals surface area contributed by atoms with E-state index in [0.717, 1.165) is 4.90 Å². The van der Waals surface area contributed by atoms with Gasteiger partial charge in [0.1, 0.15) is 22.6 Å². The Labute approximate surface area is 190 Å². The molecule has 0 radical (unpaired) electrons. The molecular formula is C20H26N6O6S. The number of benzene rings is 1. The zero-order valence-corrected chi connectivity index (χ0v) is 19.0. The minimum absolute atomic E-state index is 0.0628. The summed E-state index contributed by atoms with van der Waals surface area (Å²) >= 11 is 0. The number of guanidine groups is 1. The number of pyridine rings is 1. The van der Waals surface area contributed by atoms with Crippen LogP contribution >= 0.6 is 0 Å². The maximum Gasteiger partial charge on any atom is 0.274 e. The van der Waals surface area contributed by atoms with Crippen LogP contribution in [0.1, 0.15) is 19.8 Å². The summed E-state index contributed by atoms with van der Waals surface area (Å²) in [5.41, 5.74) is 9.27. The number of hydrogen-bond donors (Lipinski definition) is 4. The van der Waals surface area contributed by atoms with Crippen LogP contribution in [-0.2, 0) is 19.6 Å². The molecule has 1 aromatic heterocycles. The Balaban J connectivity index is 2.49. The molecule has 13 heteroatoms. The summed E-state index contributed by atoms with van der Waals surface area (Å²) in [6.07, 6.45) is 2.31. The first-order chi connectivity index (χ1) is 15.6. The van der Waals surface area contributed by atoms with Crippen molar-refractivity contribution < 1.29 is 22.7 Å². The van der Waals surface area contributed by atoms with Crippen molar-refractivity contribution in [3.8, 4) is 5.75 Å². The normalized spacial score (nSPS) is 11.8. The lowest BCUT2D eigenvalue weighted by molar-refractivity contribution is -0.119. The molecule has 0 aliphatic carbocycles. The van der Waals surface area contributed by atoms with E-state index >= 15 is 0 Å². The predicted octanol–water partition coefficient (Wildman–Crippen LogP) is 0.158. The van der Waals surface area contributed by atoms with Crippen LogP contribution in [0, 0.1) is 0 Å². The summed E-state index contributed by atoms with van der Waals surface area (Å²) in [5, 5.41) is 0. The standard InChI is InChI=1S/C20H26N6O6S/c1-13(28)26(14(12-27)6-5-10-24-20(21)22)15-9-11-23-19(29)18(15)25-33(30,31)17-8-4-3-7-16(17)32-2/h3-4,7-9,11-12,14,25H,5-6,10H2,1-2H3,(H,23,29)(H4,21,22,24)/t14-/m0/s1. The van der Waals surface area contributed by atoms with E-state index in [-0.39, 0.29) is 35.3 Å². The quantitative estimate of drug-likeness (QED) is 0.152. The number of para-hydroxylation sites is 1. The van der Waals surface area contributed by atoms with Crippen molar-refractivity contribution in [1.29, 1.82) is 0 Å². The van der Waals surface area contributed by atoms with E-state index in [1.807, 2.05) is 0 Å². The van der Waals surface area contributed by atoms with Crippen LogP contribution in [0.25, 0.3) is 0 Å². The third-order valence-corrected chi connectivity index (χ3v) is 5.96. The summed E-state index contributed by atoms with van der Waals surface area (Å²) in [6.45, 7) is 1.42. The Morgan fingerprint density at radius 2 is 2.00 bits per heavy atom. The van der Waals surface area contributed by atoms with Gasteiger partial charge in [0.2, 0.25) is 5.91 Å². The topological polar surface area (TPSA) is 190 Å². The van der Waals surface area contributed by atoms with Gasteiger partial charge in [0.15, 0.2) is 5.96 Å². The van der Waals surface area contributed by atoms with Gasteiger partial charge in [-0.2, -0.15) is 0 Å². The third-order valence-electron chi connectivity index (χ3n) is 4.57. The summed E-state index contributed by atoms with van der Waals surface area (Å²) < 4.78 is 33.4. The molecule has 0 saturated heterocycles. The lowest BCUT2D eigenvalue weighted by Crippen LogP contribution is -2.41. The number of aromatic nitrogens is 1. The number of nitrogens with zero attached hydrogens (tertiary/aromatic N) is 2. The number of hydrogen-bond acceptors (Lipinski definition) is 7. The van der Waals surface area contributed by atoms with Gasteiger partial charge >= 0.3 is 0 Å².